The number of piperidine rings is 1. The first-order valence-electron chi connectivity index (χ1n) is 9.30. The molecule has 0 radical (unpaired) electrons. The van der Waals surface area contributed by atoms with E-state index in [-0.39, 0.29) is 22.9 Å². The van der Waals surface area contributed by atoms with Crippen LogP contribution in [0, 0.1) is 0 Å². The van der Waals surface area contributed by atoms with E-state index in [4.69, 9.17) is 0 Å². The molecule has 0 saturated carbocycles. The van der Waals surface area contributed by atoms with Crippen molar-refractivity contribution < 1.29 is 13.2 Å². The predicted molar refractivity (Wildman–Crippen MR) is 107 cm³/mol. The molecule has 28 heavy (non-hydrogen) atoms. The number of hydrogen-bond acceptors (Lipinski definition) is 6. The highest BCUT2D eigenvalue weighted by Crippen LogP contribution is 2.16. The maximum atomic E-state index is 12.5. The van der Waals surface area contributed by atoms with Crippen LogP contribution in [0.15, 0.2) is 47.6 Å². The van der Waals surface area contributed by atoms with Gasteiger partial charge >= 0.3 is 0 Å². The molecule has 0 spiro atoms. The van der Waals surface area contributed by atoms with E-state index in [9.17, 15) is 13.2 Å². The highest BCUT2D eigenvalue weighted by Gasteiger charge is 2.23. The van der Waals surface area contributed by atoms with Crippen molar-refractivity contribution in [2.24, 2.45) is 0 Å². The van der Waals surface area contributed by atoms with Crippen LogP contribution in [0.5, 0.6) is 0 Å². The normalized spacial score (nSPS) is 15.6. The SMILES string of the molecule is CC(C)NS(=O)(=O)c1ccc(C(=O)NC2CCN(c3ncccn3)CC2)cc1. The van der Waals surface area contributed by atoms with Gasteiger partial charge in [-0.25, -0.2) is 23.1 Å². The Labute approximate surface area is 165 Å². The summed E-state index contributed by atoms with van der Waals surface area (Å²) in [5.41, 5.74) is 0.442. The summed E-state index contributed by atoms with van der Waals surface area (Å²) in [5, 5.41) is 3.03. The Bertz CT molecular complexity index is 893. The van der Waals surface area contributed by atoms with Gasteiger partial charge in [0.15, 0.2) is 0 Å². The Balaban J connectivity index is 1.55. The van der Waals surface area contributed by atoms with Gasteiger partial charge in [0.25, 0.3) is 5.91 Å². The summed E-state index contributed by atoms with van der Waals surface area (Å²) >= 11 is 0. The van der Waals surface area contributed by atoms with Crippen molar-refractivity contribution in [1.29, 1.82) is 0 Å². The van der Waals surface area contributed by atoms with Gasteiger partial charge in [0.1, 0.15) is 0 Å². The van der Waals surface area contributed by atoms with Crippen LogP contribution in [0.3, 0.4) is 0 Å². The second-order valence-corrected chi connectivity index (χ2v) is 8.80. The fraction of sp³-hybridized carbons (Fsp3) is 0.421. The maximum absolute atomic E-state index is 12.5. The first kappa shape index (κ1) is 20.2. The first-order chi connectivity index (χ1) is 13.3. The van der Waals surface area contributed by atoms with E-state index in [1.165, 1.54) is 24.3 Å². The topological polar surface area (TPSA) is 104 Å². The Hall–Kier alpha value is -2.52. The molecule has 8 nitrogen and oxygen atoms in total. The highest BCUT2D eigenvalue weighted by molar-refractivity contribution is 7.89. The van der Waals surface area contributed by atoms with Crippen molar-refractivity contribution in [3.8, 4) is 0 Å². The van der Waals surface area contributed by atoms with Crippen LogP contribution >= 0.6 is 0 Å². The number of aromatic nitrogens is 2. The van der Waals surface area contributed by atoms with Gasteiger partial charge in [-0.1, -0.05) is 0 Å². The van der Waals surface area contributed by atoms with E-state index < -0.39 is 10.0 Å². The number of amides is 1. The highest BCUT2D eigenvalue weighted by atomic mass is 32.2. The fourth-order valence-corrected chi connectivity index (χ4v) is 4.36. The van der Waals surface area contributed by atoms with Crippen LogP contribution in [0.2, 0.25) is 0 Å². The first-order valence-corrected chi connectivity index (χ1v) is 10.8. The summed E-state index contributed by atoms with van der Waals surface area (Å²) in [5.74, 6) is 0.509. The van der Waals surface area contributed by atoms with E-state index in [1.54, 1.807) is 32.3 Å². The minimum Gasteiger partial charge on any atom is -0.349 e. The van der Waals surface area contributed by atoms with E-state index in [1.807, 2.05) is 0 Å². The third-order valence-electron chi connectivity index (χ3n) is 4.48. The van der Waals surface area contributed by atoms with Crippen molar-refractivity contribution in [2.75, 3.05) is 18.0 Å². The number of rotatable bonds is 6. The molecule has 1 aliphatic rings. The standard InChI is InChI=1S/C19H25N5O3S/c1-14(2)23-28(26,27)17-6-4-15(5-7-17)18(25)22-16-8-12-24(13-9-16)19-20-10-3-11-21-19/h3-7,10-11,14,16,23H,8-9,12-13H2,1-2H3,(H,22,25). The van der Waals surface area contributed by atoms with Crippen molar-refractivity contribution in [2.45, 2.75) is 43.7 Å². The number of nitrogens with one attached hydrogen (secondary N) is 2. The minimum absolute atomic E-state index is 0.0680. The van der Waals surface area contributed by atoms with E-state index >= 15 is 0 Å². The van der Waals surface area contributed by atoms with Gasteiger partial charge in [-0.2, -0.15) is 0 Å². The molecular formula is C19H25N5O3S. The van der Waals surface area contributed by atoms with Gasteiger partial charge in [-0.3, -0.25) is 4.79 Å². The molecule has 1 saturated heterocycles. The lowest BCUT2D eigenvalue weighted by molar-refractivity contribution is 0.0931. The third-order valence-corrected chi connectivity index (χ3v) is 6.16. The molecule has 2 N–H and O–H groups in total. The smallest absolute Gasteiger partial charge is 0.251 e. The molecule has 2 aromatic rings. The van der Waals surface area contributed by atoms with Crippen molar-refractivity contribution >= 4 is 21.9 Å². The lowest BCUT2D eigenvalue weighted by Crippen LogP contribution is -2.45. The number of nitrogens with zero attached hydrogens (tertiary/aromatic N) is 3. The number of carbonyl (C=O) groups is 1. The summed E-state index contributed by atoms with van der Waals surface area (Å²) in [7, 11) is -3.56. The average Bonchev–Trinajstić information content (AvgIpc) is 2.68. The quantitative estimate of drug-likeness (QED) is 0.759. The van der Waals surface area contributed by atoms with Gasteiger partial charge in [-0.15, -0.1) is 0 Å². The zero-order valence-corrected chi connectivity index (χ0v) is 16.8. The molecule has 150 valence electrons. The van der Waals surface area contributed by atoms with Gasteiger partial charge in [0.05, 0.1) is 4.90 Å². The van der Waals surface area contributed by atoms with Gasteiger partial charge in [-0.05, 0) is 57.0 Å². The summed E-state index contributed by atoms with van der Waals surface area (Å²) in [6.07, 6.45) is 5.04. The Morgan fingerprint density at radius 2 is 1.71 bits per heavy atom. The minimum atomic E-state index is -3.56. The Kier molecular flexibility index (Phi) is 6.25. The summed E-state index contributed by atoms with van der Waals surface area (Å²) in [4.78, 5) is 23.2. The molecule has 0 aliphatic carbocycles. The van der Waals surface area contributed by atoms with Crippen LogP contribution in [-0.2, 0) is 10.0 Å². The van der Waals surface area contributed by atoms with Gasteiger partial charge in [0.2, 0.25) is 16.0 Å². The molecule has 1 amide bonds. The fourth-order valence-electron chi connectivity index (χ4n) is 3.11. The molecule has 9 heteroatoms. The van der Waals surface area contributed by atoms with Crippen molar-refractivity contribution in [3.63, 3.8) is 0 Å². The number of hydrogen-bond donors (Lipinski definition) is 2. The summed E-state index contributed by atoms with van der Waals surface area (Å²) in [6.45, 7) is 5.06. The number of anilines is 1. The zero-order valence-electron chi connectivity index (χ0n) is 16.0. The largest absolute Gasteiger partial charge is 0.349 e. The lowest BCUT2D eigenvalue weighted by Gasteiger charge is -2.32. The maximum Gasteiger partial charge on any atom is 0.251 e. The monoisotopic (exact) mass is 403 g/mol. The van der Waals surface area contributed by atoms with Crippen LogP contribution < -0.4 is 14.9 Å². The summed E-state index contributed by atoms with van der Waals surface area (Å²) in [6, 6.07) is 7.64. The number of sulfonamides is 1. The molecule has 0 bridgehead atoms. The third kappa shape index (κ3) is 5.05. The molecule has 1 aromatic heterocycles. The van der Waals surface area contributed by atoms with Crippen molar-refractivity contribution in [3.05, 3.63) is 48.3 Å². The van der Waals surface area contributed by atoms with Crippen molar-refractivity contribution in [1.82, 2.24) is 20.0 Å². The van der Waals surface area contributed by atoms with Crippen LogP contribution in [0.4, 0.5) is 5.95 Å². The molecule has 1 aliphatic heterocycles. The molecule has 0 atom stereocenters. The van der Waals surface area contributed by atoms with E-state index in [2.05, 4.69) is 24.9 Å². The lowest BCUT2D eigenvalue weighted by atomic mass is 10.0. The van der Waals surface area contributed by atoms with Gasteiger partial charge in [0, 0.05) is 43.1 Å². The zero-order chi connectivity index (χ0) is 20.1. The average molecular weight is 404 g/mol. The molecular weight excluding hydrogens is 378 g/mol. The second kappa shape index (κ2) is 8.66. The van der Waals surface area contributed by atoms with Gasteiger partial charge < -0.3 is 10.2 Å². The predicted octanol–water partition coefficient (Wildman–Crippen LogP) is 1.56. The van der Waals surface area contributed by atoms with E-state index in [0.717, 1.165) is 25.9 Å². The number of carbonyl (C=O) groups excluding carboxylic acids is 1. The Morgan fingerprint density at radius 3 is 2.29 bits per heavy atom. The molecule has 1 aromatic carbocycles. The number of benzene rings is 1. The van der Waals surface area contributed by atoms with E-state index in [0.29, 0.717) is 11.5 Å². The Morgan fingerprint density at radius 1 is 1.11 bits per heavy atom. The van der Waals surface area contributed by atoms with Crippen LogP contribution in [0.25, 0.3) is 0 Å². The molecule has 1 fully saturated rings. The molecule has 3 rings (SSSR count). The second-order valence-electron chi connectivity index (χ2n) is 7.08. The molecule has 2 heterocycles. The van der Waals surface area contributed by atoms with Crippen LogP contribution in [0.1, 0.15) is 37.0 Å². The summed E-state index contributed by atoms with van der Waals surface area (Å²) < 4.78 is 26.8. The molecule has 0 unspecified atom stereocenters. The van der Waals surface area contributed by atoms with Crippen LogP contribution in [-0.4, -0.2) is 49.5 Å².